The van der Waals surface area contributed by atoms with Crippen molar-refractivity contribution in [2.24, 2.45) is 0 Å². The molecule has 1 aromatic carbocycles. The molecule has 1 fully saturated rings. The number of fused-ring (bicyclic) bond motifs is 3. The first-order chi connectivity index (χ1) is 8.81. The fraction of sp³-hybridized carbons (Fsp3) is 0.600. The minimum atomic E-state index is 0.121. The van der Waals surface area contributed by atoms with Gasteiger partial charge in [-0.3, -0.25) is 0 Å². The molecule has 0 unspecified atom stereocenters. The Hall–Kier alpha value is -1.06. The van der Waals surface area contributed by atoms with Gasteiger partial charge in [-0.15, -0.1) is 0 Å². The quantitative estimate of drug-likeness (QED) is 0.822. The minimum Gasteiger partial charge on any atom is -0.497 e. The molecule has 3 nitrogen and oxygen atoms in total. The molecule has 2 heterocycles. The van der Waals surface area contributed by atoms with Crippen LogP contribution in [0.2, 0.25) is 0 Å². The first kappa shape index (κ1) is 12.0. The zero-order chi connectivity index (χ0) is 12.5. The third-order valence-electron chi connectivity index (χ3n) is 3.89. The maximum absolute atomic E-state index is 6.14. The van der Waals surface area contributed by atoms with Gasteiger partial charge in [-0.2, -0.15) is 0 Å². The number of hydrogen-bond acceptors (Lipinski definition) is 3. The Kier molecular flexibility index (Phi) is 3.27. The maximum Gasteiger partial charge on any atom is 0.119 e. The lowest BCUT2D eigenvalue weighted by Crippen LogP contribution is -2.23. The summed E-state index contributed by atoms with van der Waals surface area (Å²) in [6.45, 7) is 2.88. The third-order valence-corrected chi connectivity index (χ3v) is 3.89. The molecule has 0 aromatic heterocycles. The standard InChI is InChI=1S/C15H20O3/c1-3-4-12-8-14-15(18-12)13-6-5-11(16-2)7-10(13)9-17-14/h5-7,12,14-15H,3-4,8-9H2,1-2H3/t12-,14+,15+/m0/s1. The van der Waals surface area contributed by atoms with Crippen LogP contribution in [0.5, 0.6) is 5.75 Å². The van der Waals surface area contributed by atoms with Gasteiger partial charge in [0, 0.05) is 6.42 Å². The predicted molar refractivity (Wildman–Crippen MR) is 68.7 cm³/mol. The molecular weight excluding hydrogens is 228 g/mol. The van der Waals surface area contributed by atoms with Gasteiger partial charge in [-0.1, -0.05) is 19.4 Å². The molecule has 3 heteroatoms. The minimum absolute atomic E-state index is 0.121. The van der Waals surface area contributed by atoms with Gasteiger partial charge in [0.05, 0.1) is 25.9 Å². The topological polar surface area (TPSA) is 27.7 Å². The lowest BCUT2D eigenvalue weighted by molar-refractivity contribution is -0.0466. The van der Waals surface area contributed by atoms with Crippen molar-refractivity contribution < 1.29 is 14.2 Å². The van der Waals surface area contributed by atoms with Gasteiger partial charge in [-0.25, -0.2) is 0 Å². The Morgan fingerprint density at radius 3 is 3.06 bits per heavy atom. The summed E-state index contributed by atoms with van der Waals surface area (Å²) in [4.78, 5) is 0. The molecule has 3 atom stereocenters. The van der Waals surface area contributed by atoms with Crippen molar-refractivity contribution in [2.75, 3.05) is 7.11 Å². The van der Waals surface area contributed by atoms with Crippen LogP contribution in [0.4, 0.5) is 0 Å². The van der Waals surface area contributed by atoms with E-state index in [0.29, 0.717) is 12.7 Å². The van der Waals surface area contributed by atoms with Crippen molar-refractivity contribution >= 4 is 0 Å². The third kappa shape index (κ3) is 2.02. The fourth-order valence-corrected chi connectivity index (χ4v) is 2.98. The second-order valence-corrected chi connectivity index (χ2v) is 5.12. The Labute approximate surface area is 108 Å². The molecule has 0 amide bonds. The van der Waals surface area contributed by atoms with E-state index in [4.69, 9.17) is 14.2 Å². The van der Waals surface area contributed by atoms with Crippen LogP contribution in [-0.4, -0.2) is 19.3 Å². The normalized spacial score (nSPS) is 29.8. The summed E-state index contributed by atoms with van der Waals surface area (Å²) < 4.78 is 17.3. The van der Waals surface area contributed by atoms with Gasteiger partial charge in [0.1, 0.15) is 11.9 Å². The van der Waals surface area contributed by atoms with Gasteiger partial charge in [0.2, 0.25) is 0 Å². The van der Waals surface area contributed by atoms with Crippen molar-refractivity contribution in [3.63, 3.8) is 0 Å². The lowest BCUT2D eigenvalue weighted by Gasteiger charge is -2.27. The Morgan fingerprint density at radius 2 is 2.28 bits per heavy atom. The van der Waals surface area contributed by atoms with Crippen molar-refractivity contribution in [2.45, 2.75) is 51.1 Å². The zero-order valence-corrected chi connectivity index (χ0v) is 11.0. The van der Waals surface area contributed by atoms with E-state index in [1.807, 2.05) is 6.07 Å². The van der Waals surface area contributed by atoms with Crippen molar-refractivity contribution in [3.05, 3.63) is 29.3 Å². The van der Waals surface area contributed by atoms with Crippen LogP contribution in [0.15, 0.2) is 18.2 Å². The summed E-state index contributed by atoms with van der Waals surface area (Å²) in [6.07, 6.45) is 4.04. The van der Waals surface area contributed by atoms with Crippen molar-refractivity contribution in [1.29, 1.82) is 0 Å². The van der Waals surface area contributed by atoms with E-state index in [1.54, 1.807) is 7.11 Å². The first-order valence-corrected chi connectivity index (χ1v) is 6.75. The molecule has 0 bridgehead atoms. The van der Waals surface area contributed by atoms with Crippen LogP contribution >= 0.6 is 0 Å². The van der Waals surface area contributed by atoms with Crippen LogP contribution in [0.25, 0.3) is 0 Å². The van der Waals surface area contributed by atoms with Crippen molar-refractivity contribution in [3.8, 4) is 5.75 Å². The van der Waals surface area contributed by atoms with Crippen LogP contribution in [0.1, 0.15) is 43.4 Å². The van der Waals surface area contributed by atoms with Gasteiger partial charge in [0.15, 0.2) is 0 Å². The average Bonchev–Trinajstić information content (AvgIpc) is 2.81. The molecule has 0 radical (unpaired) electrons. The molecule has 1 saturated heterocycles. The maximum atomic E-state index is 6.14. The summed E-state index contributed by atoms with van der Waals surface area (Å²) in [5.41, 5.74) is 2.48. The van der Waals surface area contributed by atoms with Crippen molar-refractivity contribution in [1.82, 2.24) is 0 Å². The number of ether oxygens (including phenoxy) is 3. The Bertz CT molecular complexity index is 430. The van der Waals surface area contributed by atoms with E-state index in [9.17, 15) is 0 Å². The molecule has 0 spiro atoms. The highest BCUT2D eigenvalue weighted by Crippen LogP contribution is 2.42. The monoisotopic (exact) mass is 248 g/mol. The van der Waals surface area contributed by atoms with Crippen LogP contribution < -0.4 is 4.74 Å². The van der Waals surface area contributed by atoms with Crippen LogP contribution in [0, 0.1) is 0 Å². The largest absolute Gasteiger partial charge is 0.497 e. The zero-order valence-electron chi connectivity index (χ0n) is 11.0. The highest BCUT2D eigenvalue weighted by Gasteiger charge is 2.40. The van der Waals surface area contributed by atoms with E-state index in [2.05, 4.69) is 19.1 Å². The fourth-order valence-electron chi connectivity index (χ4n) is 2.98. The Morgan fingerprint density at radius 1 is 1.39 bits per heavy atom. The molecule has 2 aliphatic heterocycles. The molecule has 3 rings (SSSR count). The summed E-state index contributed by atoms with van der Waals surface area (Å²) in [7, 11) is 1.69. The molecule has 2 aliphatic rings. The van der Waals surface area contributed by atoms with E-state index in [1.165, 1.54) is 17.5 Å². The summed E-state index contributed by atoms with van der Waals surface area (Å²) in [5, 5.41) is 0. The number of hydrogen-bond donors (Lipinski definition) is 0. The van der Waals surface area contributed by atoms with Crippen LogP contribution in [0.3, 0.4) is 0 Å². The molecule has 18 heavy (non-hydrogen) atoms. The number of benzene rings is 1. The highest BCUT2D eigenvalue weighted by molar-refractivity contribution is 5.38. The molecule has 0 N–H and O–H groups in total. The van der Waals surface area contributed by atoms with E-state index >= 15 is 0 Å². The SMILES string of the molecule is CCC[C@H]1C[C@H]2OCc3cc(OC)ccc3[C@H]2O1. The molecular formula is C15H20O3. The molecule has 1 aromatic rings. The van der Waals surface area contributed by atoms with Gasteiger partial charge >= 0.3 is 0 Å². The average molecular weight is 248 g/mol. The second-order valence-electron chi connectivity index (χ2n) is 5.12. The molecule has 0 saturated carbocycles. The molecule has 98 valence electrons. The first-order valence-electron chi connectivity index (χ1n) is 6.75. The Balaban J connectivity index is 1.84. The van der Waals surface area contributed by atoms with Gasteiger partial charge in [0.25, 0.3) is 0 Å². The van der Waals surface area contributed by atoms with E-state index < -0.39 is 0 Å². The summed E-state index contributed by atoms with van der Waals surface area (Å²) in [6, 6.07) is 6.20. The molecule has 0 aliphatic carbocycles. The number of methoxy groups -OCH3 is 1. The lowest BCUT2D eigenvalue weighted by atomic mass is 9.95. The second kappa shape index (κ2) is 4.90. The van der Waals surface area contributed by atoms with E-state index in [-0.39, 0.29) is 12.2 Å². The summed E-state index contributed by atoms with van der Waals surface area (Å²) >= 11 is 0. The predicted octanol–water partition coefficient (Wildman–Crippen LogP) is 3.22. The van der Waals surface area contributed by atoms with Gasteiger partial charge < -0.3 is 14.2 Å². The highest BCUT2D eigenvalue weighted by atomic mass is 16.6. The summed E-state index contributed by atoms with van der Waals surface area (Å²) in [5.74, 6) is 0.888. The van der Waals surface area contributed by atoms with Crippen LogP contribution in [-0.2, 0) is 16.1 Å². The number of rotatable bonds is 3. The van der Waals surface area contributed by atoms with Gasteiger partial charge in [-0.05, 0) is 29.7 Å². The smallest absolute Gasteiger partial charge is 0.119 e. The van der Waals surface area contributed by atoms with E-state index in [0.717, 1.165) is 18.6 Å².